The van der Waals surface area contributed by atoms with Gasteiger partial charge in [0.15, 0.2) is 9.84 Å². The minimum atomic E-state index is -3.26. The molecule has 0 bridgehead atoms. The van der Waals surface area contributed by atoms with E-state index in [0.717, 1.165) is 31.1 Å². The molecule has 88 valence electrons. The van der Waals surface area contributed by atoms with Crippen LogP contribution in [0.15, 0.2) is 23.1 Å². The molecule has 1 aliphatic rings. The molecule has 0 heterocycles. The van der Waals surface area contributed by atoms with Crippen LogP contribution in [0.25, 0.3) is 0 Å². The summed E-state index contributed by atoms with van der Waals surface area (Å²) in [7, 11) is -3.26. The second-order valence-electron chi connectivity index (χ2n) is 4.43. The molecule has 0 aromatic heterocycles. The van der Waals surface area contributed by atoms with Crippen LogP contribution in [0.2, 0.25) is 5.02 Å². The van der Waals surface area contributed by atoms with Crippen molar-refractivity contribution in [3.63, 3.8) is 0 Å². The van der Waals surface area contributed by atoms with Gasteiger partial charge in [-0.05, 0) is 37.0 Å². The van der Waals surface area contributed by atoms with E-state index >= 15 is 0 Å². The number of halogens is 1. The number of hydrogen-bond donors (Lipinski definition) is 1. The van der Waals surface area contributed by atoms with Crippen LogP contribution >= 0.6 is 11.6 Å². The maximum atomic E-state index is 11.4. The van der Waals surface area contributed by atoms with Gasteiger partial charge in [-0.3, -0.25) is 0 Å². The molecule has 1 saturated carbocycles. The zero-order valence-electron chi connectivity index (χ0n) is 9.03. The number of nitrogens with two attached hydrogens (primary N) is 1. The van der Waals surface area contributed by atoms with E-state index in [1.54, 1.807) is 18.2 Å². The summed E-state index contributed by atoms with van der Waals surface area (Å²) in [5, 5.41) is 0.261. The van der Waals surface area contributed by atoms with E-state index in [1.165, 1.54) is 0 Å². The Morgan fingerprint density at radius 1 is 1.38 bits per heavy atom. The first kappa shape index (κ1) is 11.9. The predicted molar refractivity (Wildman–Crippen MR) is 64.3 cm³/mol. The van der Waals surface area contributed by atoms with Crippen LogP contribution in [-0.4, -0.2) is 14.7 Å². The Bertz CT molecular complexity index is 521. The first-order valence-electron chi connectivity index (χ1n) is 5.12. The topological polar surface area (TPSA) is 60.2 Å². The van der Waals surface area contributed by atoms with Crippen molar-refractivity contribution in [1.82, 2.24) is 0 Å². The van der Waals surface area contributed by atoms with Crippen LogP contribution in [0.1, 0.15) is 24.8 Å². The first-order valence-corrected chi connectivity index (χ1v) is 7.39. The summed E-state index contributed by atoms with van der Waals surface area (Å²) in [4.78, 5) is 0.167. The second-order valence-corrected chi connectivity index (χ2v) is 6.82. The Kier molecular flexibility index (Phi) is 2.77. The summed E-state index contributed by atoms with van der Waals surface area (Å²) in [6.45, 7) is 0. The number of benzene rings is 1. The standard InChI is InChI=1S/C11H14ClNO2S/c1-16(14,15)10-4-3-8(7-9(10)12)11(13)5-2-6-11/h3-4,7H,2,5-6,13H2,1H3. The molecule has 0 spiro atoms. The van der Waals surface area contributed by atoms with Gasteiger partial charge in [0.05, 0.1) is 9.92 Å². The quantitative estimate of drug-likeness (QED) is 0.885. The maximum Gasteiger partial charge on any atom is 0.176 e. The van der Waals surface area contributed by atoms with Crippen molar-refractivity contribution in [2.24, 2.45) is 5.73 Å². The fourth-order valence-electron chi connectivity index (χ4n) is 1.96. The molecule has 0 radical (unpaired) electrons. The van der Waals surface area contributed by atoms with E-state index < -0.39 is 9.84 Å². The lowest BCUT2D eigenvalue weighted by Crippen LogP contribution is -2.43. The highest BCUT2D eigenvalue weighted by molar-refractivity contribution is 7.90. The molecule has 0 amide bonds. The van der Waals surface area contributed by atoms with Crippen LogP contribution in [-0.2, 0) is 15.4 Å². The van der Waals surface area contributed by atoms with Crippen molar-refractivity contribution >= 4 is 21.4 Å². The summed E-state index contributed by atoms with van der Waals surface area (Å²) in [6.07, 6.45) is 4.13. The number of rotatable bonds is 2. The van der Waals surface area contributed by atoms with E-state index in [4.69, 9.17) is 17.3 Å². The fraction of sp³-hybridized carbons (Fsp3) is 0.455. The highest BCUT2D eigenvalue weighted by Crippen LogP contribution is 2.40. The number of hydrogen-bond acceptors (Lipinski definition) is 3. The molecule has 3 nitrogen and oxygen atoms in total. The van der Waals surface area contributed by atoms with E-state index in [9.17, 15) is 8.42 Å². The van der Waals surface area contributed by atoms with E-state index in [-0.39, 0.29) is 15.5 Å². The Balaban J connectivity index is 2.45. The second kappa shape index (κ2) is 3.72. The lowest BCUT2D eigenvalue weighted by atomic mass is 9.73. The van der Waals surface area contributed by atoms with E-state index in [0.29, 0.717) is 0 Å². The highest BCUT2D eigenvalue weighted by Gasteiger charge is 2.34. The lowest BCUT2D eigenvalue weighted by Gasteiger charge is -2.38. The fourth-order valence-corrected chi connectivity index (χ4v) is 3.29. The molecule has 16 heavy (non-hydrogen) atoms. The molecular weight excluding hydrogens is 246 g/mol. The predicted octanol–water partition coefficient (Wildman–Crippen LogP) is 2.08. The Hall–Kier alpha value is -0.580. The molecule has 0 atom stereocenters. The molecule has 1 aromatic rings. The van der Waals surface area contributed by atoms with Gasteiger partial charge in [-0.15, -0.1) is 0 Å². The molecule has 5 heteroatoms. The van der Waals surface area contributed by atoms with Gasteiger partial charge in [0.2, 0.25) is 0 Å². The summed E-state index contributed by atoms with van der Waals surface area (Å²) < 4.78 is 22.8. The van der Waals surface area contributed by atoms with Gasteiger partial charge >= 0.3 is 0 Å². The zero-order chi connectivity index (χ0) is 12.0. The molecule has 2 N–H and O–H groups in total. The van der Waals surface area contributed by atoms with Crippen molar-refractivity contribution in [2.75, 3.05) is 6.26 Å². The van der Waals surface area contributed by atoms with Gasteiger partial charge in [-0.2, -0.15) is 0 Å². The van der Waals surface area contributed by atoms with Gasteiger partial charge in [-0.1, -0.05) is 17.7 Å². The molecule has 0 aliphatic heterocycles. The van der Waals surface area contributed by atoms with Crippen LogP contribution < -0.4 is 5.73 Å². The van der Waals surface area contributed by atoms with Crippen molar-refractivity contribution in [2.45, 2.75) is 29.7 Å². The molecule has 1 aromatic carbocycles. The molecule has 2 rings (SSSR count). The molecular formula is C11H14ClNO2S. The average molecular weight is 260 g/mol. The van der Waals surface area contributed by atoms with Crippen LogP contribution in [0, 0.1) is 0 Å². The third kappa shape index (κ3) is 1.97. The Morgan fingerprint density at radius 2 is 2.00 bits per heavy atom. The minimum absolute atomic E-state index is 0.167. The van der Waals surface area contributed by atoms with Gasteiger partial charge in [0, 0.05) is 11.8 Å². The largest absolute Gasteiger partial charge is 0.321 e. The van der Waals surface area contributed by atoms with Crippen molar-refractivity contribution in [3.8, 4) is 0 Å². The molecule has 1 fully saturated rings. The summed E-state index contributed by atoms with van der Waals surface area (Å²) in [6, 6.07) is 4.98. The van der Waals surface area contributed by atoms with Gasteiger partial charge < -0.3 is 5.73 Å². The summed E-state index contributed by atoms with van der Waals surface area (Å²) in [5.41, 5.74) is 6.77. The van der Waals surface area contributed by atoms with E-state index in [1.807, 2.05) is 0 Å². The first-order chi connectivity index (χ1) is 7.33. The summed E-state index contributed by atoms with van der Waals surface area (Å²) >= 11 is 5.97. The maximum absolute atomic E-state index is 11.4. The van der Waals surface area contributed by atoms with Gasteiger partial charge in [0.25, 0.3) is 0 Å². The molecule has 0 unspecified atom stereocenters. The normalized spacial score (nSPS) is 19.2. The molecule has 0 saturated heterocycles. The van der Waals surface area contributed by atoms with E-state index in [2.05, 4.69) is 0 Å². The third-order valence-corrected chi connectivity index (χ3v) is 4.73. The monoisotopic (exact) mass is 259 g/mol. The van der Waals surface area contributed by atoms with Crippen LogP contribution in [0.3, 0.4) is 0 Å². The Morgan fingerprint density at radius 3 is 2.38 bits per heavy atom. The number of sulfone groups is 1. The van der Waals surface area contributed by atoms with Gasteiger partial charge in [-0.25, -0.2) is 8.42 Å². The summed E-state index contributed by atoms with van der Waals surface area (Å²) in [5.74, 6) is 0. The minimum Gasteiger partial charge on any atom is -0.321 e. The SMILES string of the molecule is CS(=O)(=O)c1ccc(C2(N)CCC2)cc1Cl. The third-order valence-electron chi connectivity index (χ3n) is 3.15. The van der Waals surface area contributed by atoms with Crippen molar-refractivity contribution in [1.29, 1.82) is 0 Å². The molecule has 1 aliphatic carbocycles. The van der Waals surface area contributed by atoms with Crippen LogP contribution in [0.4, 0.5) is 0 Å². The van der Waals surface area contributed by atoms with Crippen molar-refractivity contribution in [3.05, 3.63) is 28.8 Å². The zero-order valence-corrected chi connectivity index (χ0v) is 10.6. The smallest absolute Gasteiger partial charge is 0.176 e. The van der Waals surface area contributed by atoms with Crippen LogP contribution in [0.5, 0.6) is 0 Å². The Labute approximate surface area is 101 Å². The van der Waals surface area contributed by atoms with Crippen molar-refractivity contribution < 1.29 is 8.42 Å². The van der Waals surface area contributed by atoms with Gasteiger partial charge in [0.1, 0.15) is 0 Å². The average Bonchev–Trinajstić information content (AvgIpc) is 2.12. The highest BCUT2D eigenvalue weighted by atomic mass is 35.5. The lowest BCUT2D eigenvalue weighted by molar-refractivity contribution is 0.253.